The number of non-ortho nitro benzene ring substituents is 1. The molecule has 0 spiro atoms. The summed E-state index contributed by atoms with van der Waals surface area (Å²) in [6.07, 6.45) is 0.766. The Bertz CT molecular complexity index is 506. The van der Waals surface area contributed by atoms with E-state index in [0.29, 0.717) is 23.1 Å². The number of carbonyl (C=O) groups is 1. The van der Waals surface area contributed by atoms with Crippen LogP contribution in [-0.4, -0.2) is 34.9 Å². The first-order chi connectivity index (χ1) is 8.47. The molecule has 1 unspecified atom stereocenters. The van der Waals surface area contributed by atoms with Crippen LogP contribution in [0.15, 0.2) is 22.7 Å². The number of hydrogen-bond donors (Lipinski definition) is 1. The van der Waals surface area contributed by atoms with Gasteiger partial charge in [-0.05, 0) is 12.5 Å². The van der Waals surface area contributed by atoms with Gasteiger partial charge in [0.05, 0.1) is 4.92 Å². The Hall–Kier alpha value is -1.47. The first-order valence-electron chi connectivity index (χ1n) is 5.47. The minimum Gasteiger partial charge on any atom is -0.337 e. The molecule has 0 aromatic heterocycles. The second kappa shape index (κ2) is 5.03. The molecule has 0 saturated carbocycles. The number of rotatable bonds is 2. The summed E-state index contributed by atoms with van der Waals surface area (Å²) in [6.45, 7) is 1.10. The molecule has 1 saturated heterocycles. The highest BCUT2D eigenvalue weighted by Gasteiger charge is 2.25. The summed E-state index contributed by atoms with van der Waals surface area (Å²) >= 11 is 3.17. The number of nitro benzene ring substituents is 1. The van der Waals surface area contributed by atoms with Gasteiger partial charge in [0, 0.05) is 41.3 Å². The number of nitrogens with two attached hydrogens (primary N) is 1. The van der Waals surface area contributed by atoms with Gasteiger partial charge in [-0.2, -0.15) is 0 Å². The maximum atomic E-state index is 12.1. The molecule has 6 nitrogen and oxygen atoms in total. The number of amides is 1. The number of nitro groups is 1. The van der Waals surface area contributed by atoms with Crippen molar-refractivity contribution in [3.63, 3.8) is 0 Å². The van der Waals surface area contributed by atoms with Crippen molar-refractivity contribution >= 4 is 27.5 Å². The van der Waals surface area contributed by atoms with E-state index in [1.807, 2.05) is 0 Å². The van der Waals surface area contributed by atoms with Gasteiger partial charge >= 0.3 is 0 Å². The standard InChI is InChI=1S/C11H12BrN3O3/c12-8-3-7(4-10(5-8)15(17)18)11(16)14-2-1-9(13)6-14/h3-5,9H,1-2,6,13H2. The van der Waals surface area contributed by atoms with Crippen molar-refractivity contribution in [3.05, 3.63) is 38.3 Å². The zero-order chi connectivity index (χ0) is 13.3. The normalized spacial score (nSPS) is 19.0. The molecular weight excluding hydrogens is 302 g/mol. The predicted molar refractivity (Wildman–Crippen MR) is 69.3 cm³/mol. The van der Waals surface area contributed by atoms with Crippen molar-refractivity contribution in [2.45, 2.75) is 12.5 Å². The number of halogens is 1. The van der Waals surface area contributed by atoms with E-state index in [4.69, 9.17) is 5.73 Å². The van der Waals surface area contributed by atoms with Crippen LogP contribution in [0.25, 0.3) is 0 Å². The van der Waals surface area contributed by atoms with Crippen LogP contribution in [-0.2, 0) is 0 Å². The van der Waals surface area contributed by atoms with Gasteiger partial charge < -0.3 is 10.6 Å². The quantitative estimate of drug-likeness (QED) is 0.662. The third-order valence-corrected chi connectivity index (χ3v) is 3.31. The number of benzene rings is 1. The molecule has 1 amide bonds. The van der Waals surface area contributed by atoms with Crippen LogP contribution in [0, 0.1) is 10.1 Å². The lowest BCUT2D eigenvalue weighted by Gasteiger charge is -2.15. The van der Waals surface area contributed by atoms with E-state index < -0.39 is 4.92 Å². The SMILES string of the molecule is NC1CCN(C(=O)c2cc(Br)cc([N+](=O)[O-])c2)C1. The Labute approximate surface area is 112 Å². The Balaban J connectivity index is 2.27. The minimum absolute atomic E-state index is 0.00362. The molecule has 7 heteroatoms. The van der Waals surface area contributed by atoms with Crippen LogP contribution in [0.1, 0.15) is 16.8 Å². The average Bonchev–Trinajstić information content (AvgIpc) is 2.74. The molecule has 1 aliphatic heterocycles. The van der Waals surface area contributed by atoms with Gasteiger partial charge in [0.1, 0.15) is 0 Å². The van der Waals surface area contributed by atoms with Gasteiger partial charge in [-0.25, -0.2) is 0 Å². The number of nitrogens with zero attached hydrogens (tertiary/aromatic N) is 2. The van der Waals surface area contributed by atoms with E-state index in [1.54, 1.807) is 11.0 Å². The molecule has 0 bridgehead atoms. The van der Waals surface area contributed by atoms with Crippen LogP contribution in [0.2, 0.25) is 0 Å². The fraction of sp³-hybridized carbons (Fsp3) is 0.364. The molecule has 2 N–H and O–H groups in total. The summed E-state index contributed by atoms with van der Waals surface area (Å²) < 4.78 is 0.517. The van der Waals surface area contributed by atoms with E-state index >= 15 is 0 Å². The van der Waals surface area contributed by atoms with E-state index in [2.05, 4.69) is 15.9 Å². The van der Waals surface area contributed by atoms with Gasteiger partial charge in [0.25, 0.3) is 11.6 Å². The largest absolute Gasteiger partial charge is 0.337 e. The molecule has 2 rings (SSSR count). The van der Waals surface area contributed by atoms with Crippen molar-refractivity contribution in [1.82, 2.24) is 4.90 Å². The van der Waals surface area contributed by atoms with E-state index in [0.717, 1.165) is 6.42 Å². The van der Waals surface area contributed by atoms with Crippen LogP contribution in [0.3, 0.4) is 0 Å². The number of likely N-dealkylation sites (tertiary alicyclic amines) is 1. The monoisotopic (exact) mass is 313 g/mol. The van der Waals surface area contributed by atoms with Gasteiger partial charge in [-0.3, -0.25) is 14.9 Å². The molecule has 96 valence electrons. The lowest BCUT2D eigenvalue weighted by molar-refractivity contribution is -0.385. The highest BCUT2D eigenvalue weighted by molar-refractivity contribution is 9.10. The average molecular weight is 314 g/mol. The second-order valence-corrected chi connectivity index (χ2v) is 5.17. The fourth-order valence-corrected chi connectivity index (χ4v) is 2.44. The topological polar surface area (TPSA) is 89.5 Å². The summed E-state index contributed by atoms with van der Waals surface area (Å²) in [5, 5.41) is 10.7. The van der Waals surface area contributed by atoms with Crippen LogP contribution < -0.4 is 5.73 Å². The zero-order valence-corrected chi connectivity index (χ0v) is 11.1. The van der Waals surface area contributed by atoms with Crippen molar-refractivity contribution in [1.29, 1.82) is 0 Å². The van der Waals surface area contributed by atoms with Crippen molar-refractivity contribution < 1.29 is 9.72 Å². The smallest absolute Gasteiger partial charge is 0.271 e. The summed E-state index contributed by atoms with van der Waals surface area (Å²) in [4.78, 5) is 24.0. The fourth-order valence-electron chi connectivity index (χ4n) is 1.96. The van der Waals surface area contributed by atoms with Crippen molar-refractivity contribution in [2.75, 3.05) is 13.1 Å². The summed E-state index contributed by atoms with van der Waals surface area (Å²) in [7, 11) is 0. The third-order valence-electron chi connectivity index (χ3n) is 2.85. The molecular formula is C11H12BrN3O3. The van der Waals surface area contributed by atoms with Gasteiger partial charge in [0.15, 0.2) is 0 Å². The van der Waals surface area contributed by atoms with E-state index in [1.165, 1.54) is 12.1 Å². The molecule has 0 aliphatic carbocycles. The summed E-state index contributed by atoms with van der Waals surface area (Å²) in [5.74, 6) is -0.215. The first kappa shape index (κ1) is 13.0. The molecule has 0 radical (unpaired) electrons. The van der Waals surface area contributed by atoms with Crippen LogP contribution >= 0.6 is 15.9 Å². The first-order valence-corrected chi connectivity index (χ1v) is 6.26. The third kappa shape index (κ3) is 2.68. The lowest BCUT2D eigenvalue weighted by atomic mass is 10.2. The van der Waals surface area contributed by atoms with Gasteiger partial charge in [-0.15, -0.1) is 0 Å². The summed E-state index contributed by atoms with van der Waals surface area (Å²) in [5.41, 5.74) is 5.95. The Kier molecular flexibility index (Phi) is 3.63. The highest BCUT2D eigenvalue weighted by atomic mass is 79.9. The molecule has 1 aliphatic rings. The molecule has 1 fully saturated rings. The Morgan fingerprint density at radius 3 is 2.78 bits per heavy atom. The Morgan fingerprint density at radius 1 is 1.50 bits per heavy atom. The maximum absolute atomic E-state index is 12.1. The zero-order valence-electron chi connectivity index (χ0n) is 9.51. The molecule has 18 heavy (non-hydrogen) atoms. The number of hydrogen-bond acceptors (Lipinski definition) is 4. The van der Waals surface area contributed by atoms with Gasteiger partial charge in [-0.1, -0.05) is 15.9 Å². The predicted octanol–water partition coefficient (Wildman–Crippen LogP) is 1.53. The van der Waals surface area contributed by atoms with E-state index in [-0.39, 0.29) is 17.6 Å². The summed E-state index contributed by atoms with van der Waals surface area (Å²) in [6, 6.07) is 4.24. The Morgan fingerprint density at radius 2 is 2.22 bits per heavy atom. The molecule has 1 atom stereocenters. The van der Waals surface area contributed by atoms with Crippen LogP contribution in [0.4, 0.5) is 5.69 Å². The molecule has 1 aromatic rings. The van der Waals surface area contributed by atoms with Crippen molar-refractivity contribution in [2.24, 2.45) is 5.73 Å². The molecule has 1 heterocycles. The second-order valence-electron chi connectivity index (χ2n) is 4.26. The van der Waals surface area contributed by atoms with Crippen molar-refractivity contribution in [3.8, 4) is 0 Å². The number of carbonyl (C=O) groups excluding carboxylic acids is 1. The maximum Gasteiger partial charge on any atom is 0.271 e. The van der Waals surface area contributed by atoms with Crippen LogP contribution in [0.5, 0.6) is 0 Å². The molecule has 1 aromatic carbocycles. The highest BCUT2D eigenvalue weighted by Crippen LogP contribution is 2.23. The van der Waals surface area contributed by atoms with E-state index in [9.17, 15) is 14.9 Å². The lowest BCUT2D eigenvalue weighted by Crippen LogP contribution is -2.31. The van der Waals surface area contributed by atoms with Gasteiger partial charge in [0.2, 0.25) is 0 Å². The minimum atomic E-state index is -0.517.